The summed E-state index contributed by atoms with van der Waals surface area (Å²) in [4.78, 5) is 13.9. The predicted molar refractivity (Wildman–Crippen MR) is 129 cm³/mol. The van der Waals surface area contributed by atoms with E-state index in [-0.39, 0.29) is 12.6 Å². The quantitative estimate of drug-likeness (QED) is 0.475. The number of aryl methyl sites for hydroxylation is 1. The highest BCUT2D eigenvalue weighted by Gasteiger charge is 2.35. The second kappa shape index (κ2) is 11.2. The third kappa shape index (κ3) is 6.28. The summed E-state index contributed by atoms with van der Waals surface area (Å²) < 4.78 is 11.3. The van der Waals surface area contributed by atoms with Gasteiger partial charge in [-0.2, -0.15) is 0 Å². The van der Waals surface area contributed by atoms with E-state index in [2.05, 4.69) is 10.6 Å². The van der Waals surface area contributed by atoms with Gasteiger partial charge >= 0.3 is 6.03 Å². The molecule has 9 heteroatoms. The summed E-state index contributed by atoms with van der Waals surface area (Å²) in [7, 11) is 0. The first kappa shape index (κ1) is 24.5. The number of hydrogen-bond donors (Lipinski definition) is 4. The van der Waals surface area contributed by atoms with Gasteiger partial charge in [0.05, 0.1) is 0 Å². The van der Waals surface area contributed by atoms with Gasteiger partial charge in [0.1, 0.15) is 17.7 Å². The van der Waals surface area contributed by atoms with Gasteiger partial charge in [0.25, 0.3) is 0 Å². The largest absolute Gasteiger partial charge is 0.458 e. The van der Waals surface area contributed by atoms with Gasteiger partial charge in [0.2, 0.25) is 0 Å². The summed E-state index contributed by atoms with van der Waals surface area (Å²) in [6.45, 7) is 4.16. The number of ether oxygens (including phenoxy) is 2. The molecule has 34 heavy (non-hydrogen) atoms. The van der Waals surface area contributed by atoms with Crippen molar-refractivity contribution < 1.29 is 24.5 Å². The Morgan fingerprint density at radius 1 is 1.21 bits per heavy atom. The molecule has 2 unspecified atom stereocenters. The Hall–Kier alpha value is -2.62. The first-order chi connectivity index (χ1) is 16.4. The summed E-state index contributed by atoms with van der Waals surface area (Å²) in [5.41, 5.74) is 2.37. The normalized spacial score (nSPS) is 21.2. The average Bonchev–Trinajstić information content (AvgIpc) is 3.08. The molecular formula is C25H30ClN3O5. The number of rotatable bonds is 7. The number of aliphatic hydroxyl groups is 2. The van der Waals surface area contributed by atoms with Crippen LogP contribution in [0.3, 0.4) is 0 Å². The molecule has 2 aliphatic rings. The lowest BCUT2D eigenvalue weighted by Crippen LogP contribution is -2.42. The molecule has 0 spiro atoms. The number of urea groups is 1. The minimum absolute atomic E-state index is 0.280. The van der Waals surface area contributed by atoms with Crippen LogP contribution in [0.5, 0.6) is 5.75 Å². The molecule has 8 nitrogen and oxygen atoms in total. The molecule has 2 atom stereocenters. The van der Waals surface area contributed by atoms with Crippen molar-refractivity contribution in [3.8, 4) is 5.75 Å². The summed E-state index contributed by atoms with van der Waals surface area (Å²) in [6.07, 6.45) is 1.41. The molecule has 0 radical (unpaired) electrons. The van der Waals surface area contributed by atoms with Crippen molar-refractivity contribution in [2.45, 2.75) is 38.8 Å². The minimum atomic E-state index is -1.02. The average molecular weight is 488 g/mol. The van der Waals surface area contributed by atoms with E-state index in [0.29, 0.717) is 47.9 Å². The van der Waals surface area contributed by atoms with Gasteiger partial charge in [-0.3, -0.25) is 0 Å². The number of carbonyl (C=O) groups excluding carboxylic acids is 1. The summed E-state index contributed by atoms with van der Waals surface area (Å²) in [6, 6.07) is 12.2. The Balaban J connectivity index is 1.30. The second-order valence-corrected chi connectivity index (χ2v) is 9.04. The number of amides is 2. The number of halogens is 1. The first-order valence-electron chi connectivity index (χ1n) is 11.4. The van der Waals surface area contributed by atoms with E-state index in [4.69, 9.17) is 21.1 Å². The van der Waals surface area contributed by atoms with Crippen molar-refractivity contribution >= 4 is 23.3 Å². The van der Waals surface area contributed by atoms with Crippen LogP contribution in [0.4, 0.5) is 10.5 Å². The maximum atomic E-state index is 12.2. The zero-order valence-electron chi connectivity index (χ0n) is 19.0. The molecule has 4 N–H and O–H groups in total. The standard InChI is InChI=1S/C25H30ClN3O5/c1-16-5-6-19(12-21(16)26)28-25(32)27-14-18-3-2-4-20(11-18)34-22-13-23(30)29(24(22)31)15-17-7-9-33-10-8-17/h2-6,11-13,17,23-24,30-31H,7-10,14-15H2,1H3,(H2,27,28,32). The van der Waals surface area contributed by atoms with Crippen LogP contribution in [0.15, 0.2) is 54.3 Å². The third-order valence-corrected chi connectivity index (χ3v) is 6.46. The Kier molecular flexibility index (Phi) is 8.07. The highest BCUT2D eigenvalue weighted by Crippen LogP contribution is 2.28. The van der Waals surface area contributed by atoms with Crippen molar-refractivity contribution in [2.24, 2.45) is 5.92 Å². The monoisotopic (exact) mass is 487 g/mol. The van der Waals surface area contributed by atoms with E-state index < -0.39 is 12.5 Å². The van der Waals surface area contributed by atoms with E-state index in [1.807, 2.05) is 25.1 Å². The lowest BCUT2D eigenvalue weighted by molar-refractivity contribution is -0.0691. The molecule has 4 rings (SSSR count). The Morgan fingerprint density at radius 3 is 2.76 bits per heavy atom. The van der Waals surface area contributed by atoms with E-state index >= 15 is 0 Å². The van der Waals surface area contributed by atoms with Crippen molar-refractivity contribution in [1.82, 2.24) is 10.2 Å². The van der Waals surface area contributed by atoms with E-state index in [0.717, 1.165) is 24.0 Å². The highest BCUT2D eigenvalue weighted by molar-refractivity contribution is 6.31. The minimum Gasteiger partial charge on any atom is -0.458 e. The lowest BCUT2D eigenvalue weighted by atomic mass is 10.00. The van der Waals surface area contributed by atoms with Gasteiger partial charge in [-0.1, -0.05) is 29.8 Å². The molecule has 2 aromatic rings. The van der Waals surface area contributed by atoms with Crippen LogP contribution in [0, 0.1) is 12.8 Å². The maximum Gasteiger partial charge on any atom is 0.319 e. The number of carbonyl (C=O) groups is 1. The summed E-state index contributed by atoms with van der Waals surface area (Å²) in [5, 5.41) is 27.2. The van der Waals surface area contributed by atoms with Gasteiger partial charge in [-0.05, 0) is 61.1 Å². The third-order valence-electron chi connectivity index (χ3n) is 6.05. The zero-order valence-corrected chi connectivity index (χ0v) is 19.8. The number of nitrogens with zero attached hydrogens (tertiary/aromatic N) is 1. The van der Waals surface area contributed by atoms with E-state index in [1.165, 1.54) is 6.08 Å². The molecule has 0 aromatic heterocycles. The van der Waals surface area contributed by atoms with Crippen LogP contribution >= 0.6 is 11.6 Å². The number of benzene rings is 2. The summed E-state index contributed by atoms with van der Waals surface area (Å²) in [5.74, 6) is 1.16. The molecule has 0 bridgehead atoms. The maximum absolute atomic E-state index is 12.2. The molecule has 182 valence electrons. The molecule has 1 fully saturated rings. The van der Waals surface area contributed by atoms with Crippen LogP contribution in [0.2, 0.25) is 5.02 Å². The van der Waals surface area contributed by atoms with Gasteiger partial charge in [-0.15, -0.1) is 0 Å². The molecule has 2 amide bonds. The lowest BCUT2D eigenvalue weighted by Gasteiger charge is -2.31. The molecule has 2 aromatic carbocycles. The zero-order chi connectivity index (χ0) is 24.1. The Bertz CT molecular complexity index is 1040. The van der Waals surface area contributed by atoms with Crippen LogP contribution in [-0.2, 0) is 11.3 Å². The predicted octanol–water partition coefficient (Wildman–Crippen LogP) is 3.61. The number of aliphatic hydroxyl groups excluding tert-OH is 2. The molecule has 0 aliphatic carbocycles. The smallest absolute Gasteiger partial charge is 0.319 e. The number of nitrogens with one attached hydrogen (secondary N) is 2. The Labute approximate surface area is 204 Å². The fourth-order valence-corrected chi connectivity index (χ4v) is 4.22. The molecule has 2 aliphatic heterocycles. The second-order valence-electron chi connectivity index (χ2n) is 8.63. The SMILES string of the molecule is Cc1ccc(NC(=O)NCc2cccc(OC3=CC(O)N(CC4CCOCC4)C3O)c2)cc1Cl. The van der Waals surface area contributed by atoms with Crippen molar-refractivity contribution in [3.05, 3.63) is 70.4 Å². The van der Waals surface area contributed by atoms with Crippen LogP contribution < -0.4 is 15.4 Å². The molecule has 2 heterocycles. The van der Waals surface area contributed by atoms with E-state index in [9.17, 15) is 15.0 Å². The molecular weight excluding hydrogens is 458 g/mol. The fraction of sp³-hybridized carbons (Fsp3) is 0.400. The first-order valence-corrected chi connectivity index (χ1v) is 11.8. The van der Waals surface area contributed by atoms with Gasteiger partial charge < -0.3 is 30.3 Å². The van der Waals surface area contributed by atoms with Crippen LogP contribution in [0.25, 0.3) is 0 Å². The molecule has 1 saturated heterocycles. The van der Waals surface area contributed by atoms with Gasteiger partial charge in [0, 0.05) is 43.1 Å². The van der Waals surface area contributed by atoms with Gasteiger partial charge in [-0.25, -0.2) is 9.69 Å². The fourth-order valence-electron chi connectivity index (χ4n) is 4.04. The van der Waals surface area contributed by atoms with Crippen LogP contribution in [0.1, 0.15) is 24.0 Å². The number of anilines is 1. The van der Waals surface area contributed by atoms with E-state index in [1.54, 1.807) is 29.2 Å². The highest BCUT2D eigenvalue weighted by atomic mass is 35.5. The van der Waals surface area contributed by atoms with Crippen molar-refractivity contribution in [3.63, 3.8) is 0 Å². The van der Waals surface area contributed by atoms with Crippen molar-refractivity contribution in [1.29, 1.82) is 0 Å². The van der Waals surface area contributed by atoms with Gasteiger partial charge in [0.15, 0.2) is 6.23 Å². The topological polar surface area (TPSA) is 103 Å². The summed E-state index contributed by atoms with van der Waals surface area (Å²) >= 11 is 6.10. The van der Waals surface area contributed by atoms with Crippen molar-refractivity contribution in [2.75, 3.05) is 25.1 Å². The molecule has 0 saturated carbocycles. The number of hydrogen-bond acceptors (Lipinski definition) is 6. The van der Waals surface area contributed by atoms with Crippen LogP contribution in [-0.4, -0.2) is 53.4 Å². The Morgan fingerprint density at radius 2 is 2.00 bits per heavy atom.